The van der Waals surface area contributed by atoms with Crippen LogP contribution < -0.4 is 0 Å². The molecule has 0 nitrogen and oxygen atoms in total. The van der Waals surface area contributed by atoms with Crippen molar-refractivity contribution in [3.63, 3.8) is 0 Å². The maximum absolute atomic E-state index is 13.3. The van der Waals surface area contributed by atoms with E-state index in [0.717, 1.165) is 0 Å². The van der Waals surface area contributed by atoms with E-state index in [1.54, 1.807) is 0 Å². The molecule has 20 heavy (non-hydrogen) atoms. The molecule has 1 heterocycles. The van der Waals surface area contributed by atoms with Gasteiger partial charge in [0.15, 0.2) is 0 Å². The van der Waals surface area contributed by atoms with Crippen LogP contribution in [0.3, 0.4) is 0 Å². The van der Waals surface area contributed by atoms with Gasteiger partial charge in [-0.25, -0.2) is 0 Å². The third kappa shape index (κ3) is 2.48. The summed E-state index contributed by atoms with van der Waals surface area (Å²) < 4.78 is 139. The van der Waals surface area contributed by atoms with Crippen LogP contribution in [0.4, 0.5) is 52.7 Å². The fourth-order valence-corrected chi connectivity index (χ4v) is 12.9. The predicted molar refractivity (Wildman–Crippen MR) is 41.2 cm³/mol. The molecule has 120 valence electrons. The molecule has 1 fully saturated rings. The summed E-state index contributed by atoms with van der Waals surface area (Å²) in [6, 6.07) is 0. The van der Waals surface area contributed by atoms with Gasteiger partial charge in [-0.2, -0.15) is 0 Å². The van der Waals surface area contributed by atoms with E-state index >= 15 is 0 Å². The van der Waals surface area contributed by atoms with Crippen molar-refractivity contribution < 1.29 is 52.7 Å². The Morgan fingerprint density at radius 3 is 0.850 bits per heavy atom. The summed E-state index contributed by atoms with van der Waals surface area (Å²) >= 11 is -8.50. The first-order valence-electron chi connectivity index (χ1n) is 4.08. The Morgan fingerprint density at radius 2 is 0.700 bits per heavy atom. The average Bonchev–Trinajstić information content (AvgIpc) is 2.10. The van der Waals surface area contributed by atoms with Gasteiger partial charge in [0.1, 0.15) is 0 Å². The zero-order chi connectivity index (χ0) is 16.4. The summed E-state index contributed by atoms with van der Waals surface area (Å²) in [5, 5.41) is 0. The molecule has 0 saturated carbocycles. The van der Waals surface area contributed by atoms with Gasteiger partial charge >= 0.3 is 122 Å². The Hall–Kier alpha value is 0.739. The summed E-state index contributed by atoms with van der Waals surface area (Å²) in [7, 11) is 0. The molecule has 1 saturated heterocycles. The van der Waals surface area contributed by atoms with Crippen LogP contribution in [-0.2, 0) is 0 Å². The molecule has 14 heteroatoms. The molecule has 0 atom stereocenters. The predicted octanol–water partition coefficient (Wildman–Crippen LogP) is 3.05. The molecular formula is C6F12Te2. The molecule has 0 unspecified atom stereocenters. The second-order valence-electron chi connectivity index (χ2n) is 3.42. The second-order valence-corrected chi connectivity index (χ2v) is 16.0. The molecule has 0 N–H and O–H groups in total. The fourth-order valence-electron chi connectivity index (χ4n) is 0.940. The van der Waals surface area contributed by atoms with E-state index < -0.39 is 69.6 Å². The average molecular weight is 555 g/mol. The van der Waals surface area contributed by atoms with Crippen molar-refractivity contribution in [3.8, 4) is 0 Å². The first-order valence-corrected chi connectivity index (χ1v) is 8.75. The van der Waals surface area contributed by atoms with E-state index in [1.807, 2.05) is 0 Å². The monoisotopic (exact) mass is 560 g/mol. The molecule has 0 aromatic rings. The minimum absolute atomic E-state index is 4.25. The van der Waals surface area contributed by atoms with Crippen LogP contribution in [0.2, 0.25) is 0 Å². The van der Waals surface area contributed by atoms with E-state index in [0.29, 0.717) is 0 Å². The zero-order valence-electron chi connectivity index (χ0n) is 8.35. The van der Waals surface area contributed by atoms with Gasteiger partial charge in [-0.05, 0) is 0 Å². The first-order chi connectivity index (χ1) is 8.41. The van der Waals surface area contributed by atoms with E-state index in [-0.39, 0.29) is 0 Å². The number of alkyl halides is 12. The topological polar surface area (TPSA) is 0 Å². The Morgan fingerprint density at radius 1 is 0.500 bits per heavy atom. The minimum atomic E-state index is -6.48. The molecule has 0 aromatic heterocycles. The normalized spacial score (nSPS) is 33.0. The van der Waals surface area contributed by atoms with Crippen molar-refractivity contribution in [1.82, 2.24) is 0 Å². The van der Waals surface area contributed by atoms with Gasteiger partial charge in [-0.15, -0.1) is 0 Å². The van der Waals surface area contributed by atoms with Gasteiger partial charge in [0.25, 0.3) is 0 Å². The Kier molecular flexibility index (Phi) is 4.34. The number of hydrogen-bond acceptors (Lipinski definition) is 0. The summed E-state index contributed by atoms with van der Waals surface area (Å²) in [6.07, 6.45) is -13.0. The molecule has 0 bridgehead atoms. The summed E-state index contributed by atoms with van der Waals surface area (Å²) in [5.41, 5.74) is 0. The quantitative estimate of drug-likeness (QED) is 0.364. The molecule has 0 aliphatic carbocycles. The fraction of sp³-hybridized carbons (Fsp3) is 1.00. The number of rotatable bonds is 2. The summed E-state index contributed by atoms with van der Waals surface area (Å²) in [6.45, 7) is 0. The number of hydrogen-bond donors (Lipinski definition) is 0. The van der Waals surface area contributed by atoms with Crippen molar-refractivity contribution in [1.29, 1.82) is 0 Å². The van der Waals surface area contributed by atoms with Gasteiger partial charge in [-0.3, -0.25) is 0 Å². The van der Waals surface area contributed by atoms with E-state index in [9.17, 15) is 52.7 Å². The molecule has 1 aliphatic rings. The molecule has 1 rings (SSSR count). The number of halogens is 12. The Bertz CT molecular complexity index is 352. The molecule has 1 aliphatic heterocycles. The van der Waals surface area contributed by atoms with Crippen molar-refractivity contribution in [2.24, 2.45) is 0 Å². The second kappa shape index (κ2) is 4.62. The van der Waals surface area contributed by atoms with Gasteiger partial charge < -0.3 is 0 Å². The van der Waals surface area contributed by atoms with Crippen molar-refractivity contribution in [2.75, 3.05) is 0 Å². The summed E-state index contributed by atoms with van der Waals surface area (Å²) in [5.74, 6) is -12.2. The van der Waals surface area contributed by atoms with Crippen LogP contribution in [0.25, 0.3) is 0 Å². The Labute approximate surface area is 122 Å². The van der Waals surface area contributed by atoms with Gasteiger partial charge in [-0.1, -0.05) is 0 Å². The molecule has 0 aromatic carbocycles. The van der Waals surface area contributed by atoms with Crippen molar-refractivity contribution >= 4 is 41.8 Å². The SMILES string of the molecule is FC(F)(F)C(F)(F)C1(F)[Te]C(F)(C(F)(F)C(F)(F)F)[Te]1. The van der Waals surface area contributed by atoms with Crippen LogP contribution in [0.5, 0.6) is 0 Å². The van der Waals surface area contributed by atoms with Crippen LogP contribution in [0.15, 0.2) is 0 Å². The van der Waals surface area contributed by atoms with E-state index in [1.165, 1.54) is 0 Å². The third-order valence-corrected chi connectivity index (χ3v) is 14.3. The standard InChI is InChI=1S/C6F12Te2/c7-1(8,3(11,12)13)5(17)19-6(18,20-5)2(9,10)4(14,15)16. The van der Waals surface area contributed by atoms with Crippen molar-refractivity contribution in [2.45, 2.75) is 27.7 Å². The van der Waals surface area contributed by atoms with Crippen molar-refractivity contribution in [3.05, 3.63) is 0 Å². The Balaban J connectivity index is 3.05. The first kappa shape index (κ1) is 18.8. The van der Waals surface area contributed by atoms with Crippen LogP contribution >= 0.6 is 0 Å². The molecule has 0 amide bonds. The van der Waals surface area contributed by atoms with Crippen LogP contribution in [0, 0.1) is 0 Å². The maximum atomic E-state index is 13.3. The van der Waals surface area contributed by atoms with Gasteiger partial charge in [0.2, 0.25) is 0 Å². The molecular weight excluding hydrogens is 555 g/mol. The zero-order valence-corrected chi connectivity index (χ0v) is 13.0. The van der Waals surface area contributed by atoms with E-state index in [2.05, 4.69) is 0 Å². The van der Waals surface area contributed by atoms with Gasteiger partial charge in [0, 0.05) is 0 Å². The van der Waals surface area contributed by atoms with Gasteiger partial charge in [0.05, 0.1) is 0 Å². The van der Waals surface area contributed by atoms with E-state index in [4.69, 9.17) is 0 Å². The molecule has 0 radical (unpaired) electrons. The van der Waals surface area contributed by atoms with Crippen LogP contribution in [0.1, 0.15) is 0 Å². The summed E-state index contributed by atoms with van der Waals surface area (Å²) in [4.78, 5) is 0. The third-order valence-electron chi connectivity index (χ3n) is 1.99. The van der Waals surface area contributed by atoms with Crippen LogP contribution in [-0.4, -0.2) is 69.6 Å². The molecule has 0 spiro atoms.